The molecule has 13 rings (SSSR count). The Hall–Kier alpha value is 4.91. The van der Waals surface area contributed by atoms with Crippen molar-refractivity contribution >= 4 is 68.1 Å². The summed E-state index contributed by atoms with van der Waals surface area (Å²) < 4.78 is 23.0. The fraction of sp³-hybridized carbons (Fsp3) is 0.881. The first-order valence-corrected chi connectivity index (χ1v) is 79.2. The van der Waals surface area contributed by atoms with Gasteiger partial charge in [-0.05, 0) is 279 Å². The molecule has 1 aromatic rings. The van der Waals surface area contributed by atoms with E-state index in [1.54, 1.807) is 82.6 Å². The van der Waals surface area contributed by atoms with Crippen molar-refractivity contribution in [2.24, 2.45) is 101 Å². The summed E-state index contributed by atoms with van der Waals surface area (Å²) in [5.74, 6) is 19.1. The molecule has 0 radical (unpaired) electrons. The van der Waals surface area contributed by atoms with Crippen LogP contribution in [0.2, 0.25) is 0 Å². The van der Waals surface area contributed by atoms with Crippen LogP contribution >= 0.6 is 68.1 Å². The molecule has 134 heavy (non-hydrogen) atoms. The molecular weight excluding hydrogens is 2130 g/mol. The van der Waals surface area contributed by atoms with Crippen LogP contribution in [0, 0.1) is 160 Å². The molecule has 0 N–H and O–H groups in total. The maximum absolute atomic E-state index is 5.78. The third kappa shape index (κ3) is 79.9. The Morgan fingerprint density at radius 2 is 0.500 bits per heavy atom. The third-order valence-electron chi connectivity index (χ3n) is 31.5. The molecule has 0 saturated heterocycles. The van der Waals surface area contributed by atoms with Gasteiger partial charge in [-0.1, -0.05) is 373 Å². The van der Waals surface area contributed by atoms with Crippen molar-refractivity contribution in [2.45, 2.75) is 538 Å². The number of benzene rings is 1. The second-order valence-corrected chi connectivity index (χ2v) is 60.6. The number of halogens is 8. The zero-order valence-electron chi connectivity index (χ0n) is 93.4. The second-order valence-electron chi connectivity index (χ2n) is 45.7. The number of hydrogen-bond acceptors (Lipinski definition) is 4. The molecule has 0 bridgehead atoms. The van der Waals surface area contributed by atoms with Crippen LogP contribution in [0.3, 0.4) is 0 Å². The van der Waals surface area contributed by atoms with Crippen LogP contribution in [0.4, 0.5) is 0 Å². The van der Waals surface area contributed by atoms with E-state index in [1.165, 1.54) is 326 Å². The van der Waals surface area contributed by atoms with Gasteiger partial charge in [0.1, 0.15) is 0 Å². The summed E-state index contributed by atoms with van der Waals surface area (Å²) in [5.41, 5.74) is 1.76. The zero-order chi connectivity index (χ0) is 93.1. The maximum Gasteiger partial charge on any atom is -0.0156 e. The Kier molecular flexibility index (Phi) is 109. The van der Waals surface area contributed by atoms with Crippen molar-refractivity contribution in [3.05, 3.63) is 95.3 Å². The first-order chi connectivity index (χ1) is 60.4. The maximum atomic E-state index is 5.78. The van der Waals surface area contributed by atoms with Gasteiger partial charge in [0.05, 0.1) is 22.4 Å². The van der Waals surface area contributed by atoms with Crippen molar-refractivity contribution in [1.29, 1.82) is 0 Å². The quantitative estimate of drug-likeness (QED) is 0.0532. The molecule has 0 aliphatic heterocycles. The summed E-state index contributed by atoms with van der Waals surface area (Å²) in [6.07, 6.45) is 89.9. The topological polar surface area (TPSA) is 36.9 Å². The number of hydrogen-bond donors (Lipinski definition) is 0. The van der Waals surface area contributed by atoms with E-state index in [2.05, 4.69) is 148 Å². The minimum absolute atomic E-state index is 0. The third-order valence-corrected chi connectivity index (χ3v) is 31.5. The van der Waals surface area contributed by atoms with Crippen molar-refractivity contribution in [2.75, 3.05) is 26.4 Å². The molecule has 12 fully saturated rings. The monoisotopic (exact) mass is 2350 g/mol. The van der Waals surface area contributed by atoms with Crippen molar-refractivity contribution in [3.8, 4) is 0 Å². The zero-order valence-corrected chi connectivity index (χ0v) is 109. The molecular formula is C118H228Cl8O4Zr4. The van der Waals surface area contributed by atoms with E-state index >= 15 is 0 Å². The van der Waals surface area contributed by atoms with Crippen LogP contribution in [0.1, 0.15) is 521 Å². The van der Waals surface area contributed by atoms with E-state index in [1.807, 2.05) is 0 Å². The Bertz CT molecular complexity index is 2380. The van der Waals surface area contributed by atoms with Gasteiger partial charge in [-0.25, -0.2) is 0 Å². The molecule has 12 saturated carbocycles. The SMILES string of the molecule is C1CCC2CCCC2C1.CC(C)(C)OCCCCCCC1CCC2CCCCC12.CC(C)(C)OCCCCCCC1CCC2CCCCC12.CC(C)(C)OCCCCCCC1CCCC1.CC(C)(C)OCCCCCCC1CCCC1.CC1CC(C)C(C)C1C.CCCCC1CCCC1.[CH3-].[CH3-].[CH3-].[CH3-].[CH3-].[CH3-].[CH3-].[CH3-].[Cl][Zr+2][Cl].[Cl][Zr+2][Cl].[Cl][Zr+2][Cl].[Cl][Zr+2][Cl].c1ccc(C2CC3CCCCC3C2)cc1. The van der Waals surface area contributed by atoms with E-state index in [-0.39, 0.29) is 81.8 Å². The van der Waals surface area contributed by atoms with Gasteiger partial charge in [-0.2, -0.15) is 0 Å². The van der Waals surface area contributed by atoms with E-state index < -0.39 is 83.4 Å². The Morgan fingerprint density at radius 1 is 0.261 bits per heavy atom. The summed E-state index contributed by atoms with van der Waals surface area (Å²) in [4.78, 5) is 0. The summed E-state index contributed by atoms with van der Waals surface area (Å²) >= 11 is -3.30. The normalized spacial score (nSPS) is 25.4. The predicted octanol–water partition coefficient (Wildman–Crippen LogP) is 44.6. The van der Waals surface area contributed by atoms with Crippen LogP contribution in [0.25, 0.3) is 0 Å². The van der Waals surface area contributed by atoms with Crippen LogP contribution in [-0.2, 0) is 102 Å². The smallest absolute Gasteiger partial charge is 0.0156 e. The molecule has 12 aliphatic rings. The Morgan fingerprint density at radius 3 is 0.769 bits per heavy atom. The van der Waals surface area contributed by atoms with Gasteiger partial charge in [0, 0.05) is 26.4 Å². The van der Waals surface area contributed by atoms with Crippen LogP contribution < -0.4 is 0 Å². The predicted molar refractivity (Wildman–Crippen MR) is 599 cm³/mol. The van der Waals surface area contributed by atoms with Gasteiger partial charge in [-0.3, -0.25) is 0 Å². The largest absolute Gasteiger partial charge is 0.0622 e. The van der Waals surface area contributed by atoms with Crippen LogP contribution in [0.15, 0.2) is 30.3 Å². The van der Waals surface area contributed by atoms with E-state index in [0.717, 1.165) is 121 Å². The van der Waals surface area contributed by atoms with Crippen molar-refractivity contribution in [1.82, 2.24) is 0 Å². The molecule has 796 valence electrons. The molecule has 0 aromatic heterocycles. The molecule has 0 spiro atoms. The molecule has 4 nitrogen and oxygen atoms in total. The molecule has 0 amide bonds. The minimum Gasteiger partial charge on any atom is -0.0622 e. The van der Waals surface area contributed by atoms with E-state index in [4.69, 9.17) is 87.1 Å². The van der Waals surface area contributed by atoms with Crippen molar-refractivity contribution in [3.63, 3.8) is 0 Å². The minimum atomic E-state index is -0.826. The fourth-order valence-electron chi connectivity index (χ4n) is 24.3. The Labute approximate surface area is 919 Å². The standard InChI is InChI=1S/2C19H36O.2C15H30O.C15H20.C9H16.2C9H18.8CH3.8ClH.4Zr/c2*1-19(2,3)20-15-9-5-4-6-10-16-13-14-17-11-7-8-12-18(16)17;2*1-15(2,3)16-13-9-5-4-6-10-14-11-7-8-12-14;1-2-6-12(7-3-1)15-10-13-8-4-5-9-14(13)11-15;1-2-5-9-7-3-6-8(9)4-1;1-6-5-7(2)9(4)8(6)3;1-2-3-6-9-7-4-5-8-9;;;;;;;;;;;;;;;;;;;;/h2*16-18H,4-15H2,1-3H3;2*14H,4-13H2,1-3H3;1-3,6-7,13-15H,4-5,8-11H2;8-9H,1-7H2;6-9H,5H2,1-4H3;9H,2-8H2,1H3;8*1H3;8*1H;;;;/q;;;;;;;;8*-1;;;;;;;;;4*+4/p-8. The summed E-state index contributed by atoms with van der Waals surface area (Å²) in [6.45, 7) is 41.3. The first-order valence-electron chi connectivity index (χ1n) is 53.9. The van der Waals surface area contributed by atoms with Crippen LogP contribution in [-0.4, -0.2) is 48.8 Å². The second kappa shape index (κ2) is 96.2. The first kappa shape index (κ1) is 152. The summed E-state index contributed by atoms with van der Waals surface area (Å²) in [7, 11) is 39.5. The van der Waals surface area contributed by atoms with Gasteiger partial charge < -0.3 is 78.4 Å². The van der Waals surface area contributed by atoms with Crippen molar-refractivity contribution < 1.29 is 102 Å². The van der Waals surface area contributed by atoms with Gasteiger partial charge in [-0.15, -0.1) is 0 Å². The fourth-order valence-corrected chi connectivity index (χ4v) is 24.3. The number of unbranched alkanes of at least 4 members (excludes halogenated alkanes) is 13. The summed E-state index contributed by atoms with van der Waals surface area (Å²) in [6, 6.07) is 11.2. The number of rotatable bonds is 32. The van der Waals surface area contributed by atoms with E-state index in [0.29, 0.717) is 0 Å². The number of ether oxygens (including phenoxy) is 4. The average molecular weight is 2360 g/mol. The van der Waals surface area contributed by atoms with Gasteiger partial charge >= 0.3 is 151 Å². The van der Waals surface area contributed by atoms with Gasteiger partial charge in [0.15, 0.2) is 0 Å². The van der Waals surface area contributed by atoms with Gasteiger partial charge in [0.2, 0.25) is 0 Å². The van der Waals surface area contributed by atoms with Crippen LogP contribution in [0.5, 0.6) is 0 Å². The van der Waals surface area contributed by atoms with E-state index in [9.17, 15) is 0 Å². The molecule has 14 unspecified atom stereocenters. The molecule has 1 aromatic carbocycles. The number of fused-ring (bicyclic) bond motifs is 4. The average Bonchev–Trinajstić information content (AvgIpc) is 1.69. The molecule has 14 atom stereocenters. The molecule has 12 aliphatic carbocycles. The molecule has 16 heteroatoms. The Balaban J connectivity index is -0.000000271. The van der Waals surface area contributed by atoms with Gasteiger partial charge in [0.25, 0.3) is 0 Å². The summed E-state index contributed by atoms with van der Waals surface area (Å²) in [5, 5.41) is 0. The molecule has 0 heterocycles.